The summed E-state index contributed by atoms with van der Waals surface area (Å²) in [6.45, 7) is 3.63. The highest BCUT2D eigenvalue weighted by Crippen LogP contribution is 2.42. The summed E-state index contributed by atoms with van der Waals surface area (Å²) in [4.78, 5) is 29.8. The molecule has 1 amide bonds. The molecule has 0 bridgehead atoms. The molecule has 1 aliphatic rings. The first-order chi connectivity index (χ1) is 19.8. The van der Waals surface area contributed by atoms with Crippen LogP contribution in [0.15, 0.2) is 72.9 Å². The number of hydrogen-bond donors (Lipinski definition) is 3. The standard InChI is InChI=1S/C32H39N3O6/c1-22-28(20-35(2)18-16-26-8-3-4-17-33-26)40-32(41-31(22)24-14-12-23(21-36)13-15-24)25-7-5-9-27(19-25)34-29(37)10-6-11-30(38)39/h3-5,7-9,12-15,17,19,22,28,31-32,36H,6,10-11,16,18,20-21H2,1-2H3,(H,34,37)(H,38,39)/t22-,28+,31+,32+/m1/s1. The first kappa shape index (κ1) is 30.3. The quantitative estimate of drug-likeness (QED) is 0.274. The Morgan fingerprint density at radius 3 is 2.51 bits per heavy atom. The van der Waals surface area contributed by atoms with Crippen molar-refractivity contribution >= 4 is 17.6 Å². The molecule has 41 heavy (non-hydrogen) atoms. The van der Waals surface area contributed by atoms with Crippen molar-refractivity contribution in [1.82, 2.24) is 9.88 Å². The number of nitrogens with zero attached hydrogens (tertiary/aromatic N) is 2. The summed E-state index contributed by atoms with van der Waals surface area (Å²) in [7, 11) is 2.08. The Morgan fingerprint density at radius 1 is 1.00 bits per heavy atom. The van der Waals surface area contributed by atoms with E-state index in [9.17, 15) is 14.7 Å². The van der Waals surface area contributed by atoms with Crippen molar-refractivity contribution in [3.63, 3.8) is 0 Å². The number of hydrogen-bond acceptors (Lipinski definition) is 7. The zero-order valence-corrected chi connectivity index (χ0v) is 23.6. The number of aliphatic hydroxyl groups excluding tert-OH is 1. The highest BCUT2D eigenvalue weighted by Gasteiger charge is 2.38. The van der Waals surface area contributed by atoms with Crippen molar-refractivity contribution in [2.24, 2.45) is 5.92 Å². The van der Waals surface area contributed by atoms with Gasteiger partial charge in [-0.15, -0.1) is 0 Å². The van der Waals surface area contributed by atoms with Crippen LogP contribution in [0.2, 0.25) is 0 Å². The van der Waals surface area contributed by atoms with E-state index in [-0.39, 0.29) is 49.9 Å². The summed E-state index contributed by atoms with van der Waals surface area (Å²) in [5.41, 5.74) is 4.26. The number of carbonyl (C=O) groups is 2. The molecule has 9 heteroatoms. The Hall–Kier alpha value is -3.63. The number of likely N-dealkylation sites (N-methyl/N-ethyl adjacent to an activating group) is 1. The van der Waals surface area contributed by atoms with Crippen LogP contribution in [0, 0.1) is 5.92 Å². The molecule has 4 rings (SSSR count). The maximum Gasteiger partial charge on any atom is 0.303 e. The number of carboxylic acids is 1. The van der Waals surface area contributed by atoms with Crippen molar-refractivity contribution < 1.29 is 29.3 Å². The van der Waals surface area contributed by atoms with E-state index in [1.807, 2.05) is 66.9 Å². The van der Waals surface area contributed by atoms with Crippen LogP contribution in [0.25, 0.3) is 0 Å². The molecule has 3 aromatic rings. The minimum Gasteiger partial charge on any atom is -0.481 e. The molecule has 0 radical (unpaired) electrons. The number of rotatable bonds is 13. The number of pyridine rings is 1. The van der Waals surface area contributed by atoms with Gasteiger partial charge in [-0.2, -0.15) is 0 Å². The summed E-state index contributed by atoms with van der Waals surface area (Å²) in [5, 5.41) is 21.2. The molecular formula is C32H39N3O6. The van der Waals surface area contributed by atoms with Gasteiger partial charge in [-0.25, -0.2) is 0 Å². The molecule has 0 unspecified atom stereocenters. The minimum atomic E-state index is -0.918. The third-order valence-corrected chi connectivity index (χ3v) is 7.33. The lowest BCUT2D eigenvalue weighted by molar-refractivity contribution is -0.275. The Morgan fingerprint density at radius 2 is 1.80 bits per heavy atom. The average Bonchev–Trinajstić information content (AvgIpc) is 2.97. The van der Waals surface area contributed by atoms with Crippen LogP contribution < -0.4 is 5.32 Å². The van der Waals surface area contributed by atoms with E-state index in [0.717, 1.165) is 35.3 Å². The van der Waals surface area contributed by atoms with Crippen molar-refractivity contribution in [3.8, 4) is 0 Å². The van der Waals surface area contributed by atoms with Gasteiger partial charge < -0.3 is 29.9 Å². The number of aromatic nitrogens is 1. The van der Waals surface area contributed by atoms with Gasteiger partial charge in [0.15, 0.2) is 6.29 Å². The van der Waals surface area contributed by atoms with Crippen molar-refractivity contribution in [2.45, 2.75) is 57.7 Å². The molecule has 1 aliphatic heterocycles. The largest absolute Gasteiger partial charge is 0.481 e. The predicted octanol–water partition coefficient (Wildman–Crippen LogP) is 4.73. The molecule has 1 saturated heterocycles. The van der Waals surface area contributed by atoms with Gasteiger partial charge in [0, 0.05) is 61.4 Å². The van der Waals surface area contributed by atoms with Gasteiger partial charge >= 0.3 is 5.97 Å². The summed E-state index contributed by atoms with van der Waals surface area (Å²) in [6, 6.07) is 21.1. The summed E-state index contributed by atoms with van der Waals surface area (Å²) in [5.74, 6) is -1.12. The SMILES string of the molecule is C[C@@H]1[C@H](CN(C)CCc2ccccn2)O[C@H](c2cccc(NC(=O)CCCC(=O)O)c2)O[C@@H]1c1ccc(CO)cc1. The van der Waals surface area contributed by atoms with E-state index in [0.29, 0.717) is 12.2 Å². The van der Waals surface area contributed by atoms with Crippen LogP contribution in [-0.2, 0) is 32.1 Å². The first-order valence-electron chi connectivity index (χ1n) is 14.0. The van der Waals surface area contributed by atoms with Crippen LogP contribution in [0.4, 0.5) is 5.69 Å². The number of amides is 1. The number of ether oxygens (including phenoxy) is 2. The topological polar surface area (TPSA) is 121 Å². The normalized spacial score (nSPS) is 20.6. The molecule has 0 spiro atoms. The maximum atomic E-state index is 12.4. The van der Waals surface area contributed by atoms with Gasteiger partial charge in [-0.05, 0) is 48.9 Å². The Kier molecular flexibility index (Phi) is 11.0. The van der Waals surface area contributed by atoms with Gasteiger partial charge in [0.05, 0.1) is 18.8 Å². The van der Waals surface area contributed by atoms with Crippen LogP contribution in [0.5, 0.6) is 0 Å². The molecule has 218 valence electrons. The number of carboxylic acid groups (broad SMARTS) is 1. The van der Waals surface area contributed by atoms with Gasteiger partial charge in [-0.3, -0.25) is 14.6 Å². The van der Waals surface area contributed by atoms with Gasteiger partial charge in [0.2, 0.25) is 5.91 Å². The van der Waals surface area contributed by atoms with Crippen molar-refractivity contribution in [2.75, 3.05) is 25.5 Å². The first-order valence-corrected chi connectivity index (χ1v) is 14.0. The molecule has 1 fully saturated rings. The van der Waals surface area contributed by atoms with Crippen LogP contribution in [-0.4, -0.2) is 58.2 Å². The van der Waals surface area contributed by atoms with E-state index < -0.39 is 12.3 Å². The average molecular weight is 562 g/mol. The summed E-state index contributed by atoms with van der Waals surface area (Å²) >= 11 is 0. The van der Waals surface area contributed by atoms with Crippen LogP contribution >= 0.6 is 0 Å². The maximum absolute atomic E-state index is 12.4. The Balaban J connectivity index is 1.49. The number of nitrogens with one attached hydrogen (secondary N) is 1. The fourth-order valence-electron chi connectivity index (χ4n) is 4.96. The van der Waals surface area contributed by atoms with E-state index in [4.69, 9.17) is 14.6 Å². The lowest BCUT2D eigenvalue weighted by Gasteiger charge is -2.42. The van der Waals surface area contributed by atoms with Crippen molar-refractivity contribution in [1.29, 1.82) is 0 Å². The van der Waals surface area contributed by atoms with Crippen LogP contribution in [0.1, 0.15) is 61.0 Å². The second-order valence-electron chi connectivity index (χ2n) is 10.6. The lowest BCUT2D eigenvalue weighted by atomic mass is 9.90. The molecule has 2 heterocycles. The van der Waals surface area contributed by atoms with E-state index in [2.05, 4.69) is 29.2 Å². The zero-order valence-electron chi connectivity index (χ0n) is 23.6. The number of aliphatic hydroxyl groups is 1. The monoisotopic (exact) mass is 561 g/mol. The molecule has 2 aromatic carbocycles. The van der Waals surface area contributed by atoms with Crippen LogP contribution in [0.3, 0.4) is 0 Å². The molecule has 9 nitrogen and oxygen atoms in total. The second-order valence-corrected chi connectivity index (χ2v) is 10.6. The molecule has 4 atom stereocenters. The fraction of sp³-hybridized carbons (Fsp3) is 0.406. The fourth-order valence-corrected chi connectivity index (χ4v) is 4.96. The van der Waals surface area contributed by atoms with Crippen molar-refractivity contribution in [3.05, 3.63) is 95.3 Å². The molecule has 0 saturated carbocycles. The highest BCUT2D eigenvalue weighted by molar-refractivity contribution is 5.90. The minimum absolute atomic E-state index is 0.0222. The zero-order chi connectivity index (χ0) is 29.2. The molecule has 3 N–H and O–H groups in total. The highest BCUT2D eigenvalue weighted by atomic mass is 16.7. The smallest absolute Gasteiger partial charge is 0.303 e. The third kappa shape index (κ3) is 8.93. The van der Waals surface area contributed by atoms with E-state index in [1.165, 1.54) is 0 Å². The number of aliphatic carboxylic acids is 1. The van der Waals surface area contributed by atoms with E-state index >= 15 is 0 Å². The number of anilines is 1. The second kappa shape index (κ2) is 14.8. The van der Waals surface area contributed by atoms with Gasteiger partial charge in [0.1, 0.15) is 0 Å². The van der Waals surface area contributed by atoms with Gasteiger partial charge in [0.25, 0.3) is 0 Å². The number of benzene rings is 2. The Bertz CT molecular complexity index is 1270. The lowest BCUT2D eigenvalue weighted by Crippen LogP contribution is -2.44. The molecular weight excluding hydrogens is 522 g/mol. The summed E-state index contributed by atoms with van der Waals surface area (Å²) in [6.07, 6.45) is 1.95. The molecule has 1 aromatic heterocycles. The summed E-state index contributed by atoms with van der Waals surface area (Å²) < 4.78 is 13.1. The predicted molar refractivity (Wildman–Crippen MR) is 155 cm³/mol. The third-order valence-electron chi connectivity index (χ3n) is 7.33. The Labute approximate surface area is 241 Å². The van der Waals surface area contributed by atoms with E-state index in [1.54, 1.807) is 6.07 Å². The number of carbonyl (C=O) groups excluding carboxylic acids is 1. The van der Waals surface area contributed by atoms with Gasteiger partial charge in [-0.1, -0.05) is 49.4 Å². The molecule has 0 aliphatic carbocycles.